The highest BCUT2D eigenvalue weighted by Crippen LogP contribution is 2.31. The maximum atomic E-state index is 13.6. The second kappa shape index (κ2) is 12.9. The molecule has 0 N–H and O–H groups in total. The van der Waals surface area contributed by atoms with Crippen molar-refractivity contribution in [3.05, 3.63) is 22.4 Å². The van der Waals surface area contributed by atoms with Crippen molar-refractivity contribution in [2.75, 3.05) is 6.61 Å². The SMILES string of the molecule is CCCCCCCCCCCCCCOC(F)(F)c1ccsc1. The zero-order valence-corrected chi connectivity index (χ0v) is 15.3. The van der Waals surface area contributed by atoms with Crippen molar-refractivity contribution in [1.29, 1.82) is 0 Å². The monoisotopic (exact) mass is 346 g/mol. The van der Waals surface area contributed by atoms with Crippen LogP contribution in [0, 0.1) is 0 Å². The second-order valence-electron chi connectivity index (χ2n) is 6.27. The lowest BCUT2D eigenvalue weighted by atomic mass is 10.1. The lowest BCUT2D eigenvalue weighted by Crippen LogP contribution is -2.18. The van der Waals surface area contributed by atoms with E-state index in [9.17, 15) is 8.78 Å². The molecule has 0 spiro atoms. The molecule has 0 bridgehead atoms. The molecule has 1 heterocycles. The third-order valence-corrected chi connectivity index (χ3v) is 4.82. The maximum absolute atomic E-state index is 13.6. The van der Waals surface area contributed by atoms with E-state index in [-0.39, 0.29) is 12.2 Å². The van der Waals surface area contributed by atoms with Crippen molar-refractivity contribution < 1.29 is 13.5 Å². The van der Waals surface area contributed by atoms with Crippen LogP contribution in [0.5, 0.6) is 0 Å². The van der Waals surface area contributed by atoms with Crippen LogP contribution in [0.15, 0.2) is 16.8 Å². The molecule has 0 saturated carbocycles. The summed E-state index contributed by atoms with van der Waals surface area (Å²) in [5, 5.41) is 3.10. The molecule has 1 rings (SSSR count). The minimum Gasteiger partial charge on any atom is -0.317 e. The van der Waals surface area contributed by atoms with Gasteiger partial charge in [-0.3, -0.25) is 0 Å². The van der Waals surface area contributed by atoms with Crippen molar-refractivity contribution in [1.82, 2.24) is 0 Å². The van der Waals surface area contributed by atoms with Gasteiger partial charge < -0.3 is 4.74 Å². The van der Waals surface area contributed by atoms with E-state index in [0.29, 0.717) is 0 Å². The number of rotatable bonds is 15. The first-order valence-electron chi connectivity index (χ1n) is 9.21. The van der Waals surface area contributed by atoms with Crippen LogP contribution in [0.3, 0.4) is 0 Å². The Bertz CT molecular complexity index is 365. The molecule has 0 radical (unpaired) electrons. The Hall–Kier alpha value is -0.480. The summed E-state index contributed by atoms with van der Waals surface area (Å²) in [6.45, 7) is 2.38. The fourth-order valence-corrected chi connectivity index (χ4v) is 3.32. The minimum atomic E-state index is -3.13. The van der Waals surface area contributed by atoms with E-state index in [1.165, 1.54) is 80.6 Å². The molecule has 1 aromatic heterocycles. The maximum Gasteiger partial charge on any atom is 0.384 e. The van der Waals surface area contributed by atoms with E-state index in [4.69, 9.17) is 4.74 Å². The average Bonchev–Trinajstić information content (AvgIpc) is 3.07. The van der Waals surface area contributed by atoms with Crippen LogP contribution < -0.4 is 0 Å². The Balaban J connectivity index is 1.85. The van der Waals surface area contributed by atoms with Gasteiger partial charge in [-0.05, 0) is 17.9 Å². The van der Waals surface area contributed by atoms with Gasteiger partial charge in [-0.25, -0.2) is 0 Å². The van der Waals surface area contributed by atoms with Gasteiger partial charge in [0.1, 0.15) is 0 Å². The van der Waals surface area contributed by atoms with Gasteiger partial charge in [-0.2, -0.15) is 20.1 Å². The van der Waals surface area contributed by atoms with Crippen LogP contribution in [0.1, 0.15) is 89.5 Å². The van der Waals surface area contributed by atoms with Crippen molar-refractivity contribution in [2.45, 2.75) is 90.1 Å². The van der Waals surface area contributed by atoms with E-state index >= 15 is 0 Å². The number of hydrogen-bond acceptors (Lipinski definition) is 2. The summed E-state index contributed by atoms with van der Waals surface area (Å²) in [5.74, 6) is 0. The summed E-state index contributed by atoms with van der Waals surface area (Å²) < 4.78 is 31.9. The number of halogens is 2. The van der Waals surface area contributed by atoms with Gasteiger partial charge in [-0.1, -0.05) is 77.6 Å². The highest BCUT2D eigenvalue weighted by molar-refractivity contribution is 7.07. The number of ether oxygens (including phenoxy) is 1. The normalized spacial score (nSPS) is 12.0. The third kappa shape index (κ3) is 10.1. The first-order valence-corrected chi connectivity index (χ1v) is 10.2. The molecule has 0 aliphatic heterocycles. The van der Waals surface area contributed by atoms with Gasteiger partial charge in [0, 0.05) is 5.38 Å². The minimum absolute atomic E-state index is 0.0264. The smallest absolute Gasteiger partial charge is 0.317 e. The topological polar surface area (TPSA) is 9.23 Å². The molecule has 23 heavy (non-hydrogen) atoms. The fraction of sp³-hybridized carbons (Fsp3) is 0.789. The van der Waals surface area contributed by atoms with Crippen LogP contribution in [-0.4, -0.2) is 6.61 Å². The summed E-state index contributed by atoms with van der Waals surface area (Å²) in [6.07, 6.45) is 11.7. The molecule has 134 valence electrons. The largest absolute Gasteiger partial charge is 0.384 e. The zero-order valence-electron chi connectivity index (χ0n) is 14.5. The van der Waals surface area contributed by atoms with Crippen molar-refractivity contribution in [3.8, 4) is 0 Å². The van der Waals surface area contributed by atoms with Gasteiger partial charge >= 0.3 is 6.11 Å². The molecular formula is C19H32F2OS. The highest BCUT2D eigenvalue weighted by atomic mass is 32.1. The highest BCUT2D eigenvalue weighted by Gasteiger charge is 2.32. The fourth-order valence-electron chi connectivity index (χ4n) is 2.66. The first kappa shape index (κ1) is 20.6. The number of thiophene rings is 1. The Morgan fingerprint density at radius 3 is 1.87 bits per heavy atom. The summed E-state index contributed by atoms with van der Waals surface area (Å²) in [5.41, 5.74) is -0.0264. The lowest BCUT2D eigenvalue weighted by Gasteiger charge is -2.15. The number of hydrogen-bond donors (Lipinski definition) is 0. The molecule has 0 unspecified atom stereocenters. The van der Waals surface area contributed by atoms with E-state index in [1.807, 2.05) is 0 Å². The van der Waals surface area contributed by atoms with Crippen molar-refractivity contribution >= 4 is 11.3 Å². The number of unbranched alkanes of at least 4 members (excludes halogenated alkanes) is 11. The standard InChI is InChI=1S/C19H32F2OS/c1-2-3-4-5-6-7-8-9-10-11-12-13-15-22-19(20,21)18-14-16-23-17-18/h14,16-17H,2-13,15H2,1H3. The Labute approximate surface area is 144 Å². The Kier molecular flexibility index (Phi) is 11.5. The molecule has 1 aromatic rings. The first-order chi connectivity index (χ1) is 11.2. The summed E-state index contributed by atoms with van der Waals surface area (Å²) >= 11 is 1.27. The molecule has 0 aliphatic rings. The van der Waals surface area contributed by atoms with Gasteiger partial charge in [0.25, 0.3) is 0 Å². The van der Waals surface area contributed by atoms with E-state index < -0.39 is 6.11 Å². The van der Waals surface area contributed by atoms with Gasteiger partial charge in [0.15, 0.2) is 0 Å². The average molecular weight is 347 g/mol. The van der Waals surface area contributed by atoms with Crippen molar-refractivity contribution in [2.24, 2.45) is 0 Å². The zero-order chi connectivity index (χ0) is 16.8. The Morgan fingerprint density at radius 1 is 0.870 bits per heavy atom. The molecule has 1 nitrogen and oxygen atoms in total. The number of alkyl halides is 2. The van der Waals surface area contributed by atoms with Gasteiger partial charge in [0.2, 0.25) is 0 Å². The van der Waals surface area contributed by atoms with E-state index in [0.717, 1.165) is 19.3 Å². The molecule has 4 heteroatoms. The van der Waals surface area contributed by atoms with Gasteiger partial charge in [-0.15, -0.1) is 0 Å². The van der Waals surface area contributed by atoms with Crippen LogP contribution in [-0.2, 0) is 10.8 Å². The molecular weight excluding hydrogens is 314 g/mol. The van der Waals surface area contributed by atoms with Crippen LogP contribution in [0.4, 0.5) is 8.78 Å². The molecule has 0 fully saturated rings. The Morgan fingerprint density at radius 2 is 1.39 bits per heavy atom. The summed E-state index contributed by atoms with van der Waals surface area (Å²) in [6, 6.07) is 1.42. The molecule has 0 atom stereocenters. The van der Waals surface area contributed by atoms with E-state index in [2.05, 4.69) is 6.92 Å². The second-order valence-corrected chi connectivity index (χ2v) is 7.05. The molecule has 0 amide bonds. The predicted octanol–water partition coefficient (Wildman–Crippen LogP) is 7.52. The van der Waals surface area contributed by atoms with Crippen LogP contribution in [0.2, 0.25) is 0 Å². The predicted molar refractivity (Wildman–Crippen MR) is 95.2 cm³/mol. The lowest BCUT2D eigenvalue weighted by molar-refractivity contribution is -0.248. The third-order valence-electron chi connectivity index (χ3n) is 4.14. The summed E-state index contributed by atoms with van der Waals surface area (Å²) in [7, 11) is 0. The molecule has 0 saturated heterocycles. The van der Waals surface area contributed by atoms with Crippen LogP contribution in [0.25, 0.3) is 0 Å². The summed E-state index contributed by atoms with van der Waals surface area (Å²) in [4.78, 5) is 0. The van der Waals surface area contributed by atoms with Crippen molar-refractivity contribution in [3.63, 3.8) is 0 Å². The van der Waals surface area contributed by atoms with E-state index in [1.54, 1.807) is 5.38 Å². The molecule has 0 aliphatic carbocycles. The molecule has 0 aromatic carbocycles. The van der Waals surface area contributed by atoms with Gasteiger partial charge in [0.05, 0.1) is 12.2 Å². The van der Waals surface area contributed by atoms with Crippen LogP contribution >= 0.6 is 11.3 Å². The quantitative estimate of drug-likeness (QED) is 0.298.